The average molecular weight is 334 g/mol. The second-order valence-corrected chi connectivity index (χ2v) is 6.66. The van der Waals surface area contributed by atoms with E-state index in [0.717, 1.165) is 40.7 Å². The maximum absolute atomic E-state index is 12.5. The number of nitrogens with one attached hydrogen (secondary N) is 1. The molecule has 0 saturated carbocycles. The van der Waals surface area contributed by atoms with Gasteiger partial charge >= 0.3 is 6.18 Å². The number of alkyl halides is 3. The van der Waals surface area contributed by atoms with Crippen molar-refractivity contribution in [1.29, 1.82) is 0 Å². The zero-order chi connectivity index (χ0) is 15.2. The lowest BCUT2D eigenvalue weighted by Crippen LogP contribution is -2.25. The van der Waals surface area contributed by atoms with Crippen LogP contribution >= 0.6 is 23.6 Å². The Kier molecular flexibility index (Phi) is 3.69. The highest BCUT2D eigenvalue weighted by atomic mass is 32.1. The maximum Gasteiger partial charge on any atom is 0.390 e. The predicted molar refractivity (Wildman–Crippen MR) is 78.6 cm³/mol. The molecule has 0 unspecified atom stereocenters. The van der Waals surface area contributed by atoms with E-state index in [9.17, 15) is 18.0 Å². The lowest BCUT2D eigenvalue weighted by molar-refractivity contribution is -0.136. The molecule has 1 aliphatic rings. The molecule has 0 bridgehead atoms. The van der Waals surface area contributed by atoms with E-state index >= 15 is 0 Å². The van der Waals surface area contributed by atoms with Crippen LogP contribution in [0.5, 0.6) is 0 Å². The summed E-state index contributed by atoms with van der Waals surface area (Å²) < 4.78 is 38.2. The quantitative estimate of drug-likeness (QED) is 0.845. The molecule has 1 N–H and O–H groups in total. The molecule has 0 aromatic carbocycles. The van der Waals surface area contributed by atoms with Gasteiger partial charge in [-0.1, -0.05) is 0 Å². The number of aryl methyl sites for hydroxylation is 2. The van der Waals surface area contributed by atoms with Gasteiger partial charge in [0.1, 0.15) is 4.83 Å². The summed E-state index contributed by atoms with van der Waals surface area (Å²) in [7, 11) is 0. The van der Waals surface area contributed by atoms with E-state index in [1.54, 1.807) is 0 Å². The Balaban J connectivity index is 2.14. The number of fused-ring (bicyclic) bond motifs is 3. The Morgan fingerprint density at radius 3 is 2.71 bits per heavy atom. The number of aromatic amines is 1. The second kappa shape index (κ2) is 5.24. The van der Waals surface area contributed by atoms with Crippen LogP contribution in [0.25, 0.3) is 10.2 Å². The number of hydrogen-bond donors (Lipinski definition) is 1. The number of rotatable bonds is 2. The molecule has 114 valence electrons. The van der Waals surface area contributed by atoms with E-state index in [-0.39, 0.29) is 4.77 Å². The summed E-state index contributed by atoms with van der Waals surface area (Å²) in [6.45, 7) is -0.432. The minimum atomic E-state index is -4.30. The number of aromatic nitrogens is 2. The van der Waals surface area contributed by atoms with E-state index in [4.69, 9.17) is 12.2 Å². The highest BCUT2D eigenvalue weighted by Gasteiger charge is 2.28. The molecular formula is C13H13F3N2OS2. The van der Waals surface area contributed by atoms with Gasteiger partial charge in [0.05, 0.1) is 11.8 Å². The highest BCUT2D eigenvalue weighted by molar-refractivity contribution is 7.71. The molecule has 0 atom stereocenters. The molecule has 2 aromatic heterocycles. The van der Waals surface area contributed by atoms with Crippen LogP contribution in [-0.4, -0.2) is 15.7 Å². The van der Waals surface area contributed by atoms with Gasteiger partial charge < -0.3 is 4.98 Å². The van der Waals surface area contributed by atoms with Crippen molar-refractivity contribution in [3.8, 4) is 0 Å². The third-order valence-electron chi connectivity index (χ3n) is 3.71. The first-order valence-electron chi connectivity index (χ1n) is 6.71. The van der Waals surface area contributed by atoms with Gasteiger partial charge in [-0.2, -0.15) is 13.2 Å². The average Bonchev–Trinajstić information content (AvgIpc) is 2.74. The number of hydrogen-bond acceptors (Lipinski definition) is 3. The Morgan fingerprint density at radius 1 is 1.29 bits per heavy atom. The van der Waals surface area contributed by atoms with Crippen molar-refractivity contribution in [3.05, 3.63) is 25.6 Å². The van der Waals surface area contributed by atoms with Gasteiger partial charge in [-0.25, -0.2) is 0 Å². The molecule has 8 heteroatoms. The molecule has 2 heterocycles. The van der Waals surface area contributed by atoms with Gasteiger partial charge in [0.2, 0.25) is 0 Å². The SMILES string of the molecule is O=c1c2c3c(sc2[nH]c(=S)n1CCC(F)(F)F)CCCC3. The fourth-order valence-electron chi connectivity index (χ4n) is 2.71. The molecule has 0 saturated heterocycles. The molecule has 0 aliphatic heterocycles. The fourth-order valence-corrected chi connectivity index (χ4v) is 4.33. The van der Waals surface area contributed by atoms with E-state index in [2.05, 4.69) is 4.98 Å². The van der Waals surface area contributed by atoms with Crippen LogP contribution in [0.1, 0.15) is 29.7 Å². The van der Waals surface area contributed by atoms with Crippen LogP contribution in [0.3, 0.4) is 0 Å². The Hall–Kier alpha value is -1.15. The van der Waals surface area contributed by atoms with E-state index < -0.39 is 24.7 Å². The molecule has 0 fully saturated rings. The zero-order valence-electron chi connectivity index (χ0n) is 11.0. The van der Waals surface area contributed by atoms with Crippen molar-refractivity contribution >= 4 is 33.8 Å². The Bertz CT molecular complexity index is 801. The summed E-state index contributed by atoms with van der Waals surface area (Å²) in [4.78, 5) is 17.3. The predicted octanol–water partition coefficient (Wildman–Crippen LogP) is 3.95. The van der Waals surface area contributed by atoms with Crippen LogP contribution in [0, 0.1) is 4.77 Å². The van der Waals surface area contributed by atoms with E-state index in [1.807, 2.05) is 0 Å². The van der Waals surface area contributed by atoms with Crippen LogP contribution < -0.4 is 5.56 Å². The van der Waals surface area contributed by atoms with Gasteiger partial charge in [-0.15, -0.1) is 11.3 Å². The molecule has 0 amide bonds. The van der Waals surface area contributed by atoms with Crippen LogP contribution in [0.4, 0.5) is 13.2 Å². The smallest absolute Gasteiger partial charge is 0.323 e. The standard InChI is InChI=1S/C13H13F3N2OS2/c14-13(15,16)5-6-18-11(19)9-7-3-1-2-4-8(7)21-10(9)17-12(18)20/h1-6H2,(H,17,20). The van der Waals surface area contributed by atoms with Gasteiger partial charge in [0.15, 0.2) is 4.77 Å². The molecule has 1 aliphatic carbocycles. The van der Waals surface area contributed by atoms with Crippen molar-refractivity contribution in [3.63, 3.8) is 0 Å². The van der Waals surface area contributed by atoms with E-state index in [1.165, 1.54) is 11.3 Å². The van der Waals surface area contributed by atoms with Crippen LogP contribution in [0.2, 0.25) is 0 Å². The highest BCUT2D eigenvalue weighted by Crippen LogP contribution is 2.33. The van der Waals surface area contributed by atoms with Crippen molar-refractivity contribution in [2.24, 2.45) is 0 Å². The number of halogens is 3. The normalized spacial score (nSPS) is 15.4. The lowest BCUT2D eigenvalue weighted by atomic mass is 9.97. The van der Waals surface area contributed by atoms with Gasteiger partial charge in [-0.05, 0) is 43.5 Å². The first kappa shape index (κ1) is 14.8. The van der Waals surface area contributed by atoms with Gasteiger partial charge in [0, 0.05) is 11.4 Å². The summed E-state index contributed by atoms with van der Waals surface area (Å²) in [6, 6.07) is 0. The van der Waals surface area contributed by atoms with Crippen molar-refractivity contribution < 1.29 is 13.2 Å². The molecular weight excluding hydrogens is 321 g/mol. The largest absolute Gasteiger partial charge is 0.390 e. The third kappa shape index (κ3) is 2.78. The molecule has 0 radical (unpaired) electrons. The summed E-state index contributed by atoms with van der Waals surface area (Å²) in [6.07, 6.45) is -1.52. The maximum atomic E-state index is 12.5. The Morgan fingerprint density at radius 2 is 2.00 bits per heavy atom. The topological polar surface area (TPSA) is 37.8 Å². The van der Waals surface area contributed by atoms with Crippen molar-refractivity contribution in [2.45, 2.75) is 44.8 Å². The van der Waals surface area contributed by atoms with E-state index in [0.29, 0.717) is 10.2 Å². The molecule has 2 aromatic rings. The summed E-state index contributed by atoms with van der Waals surface area (Å²) in [5.74, 6) is 0. The lowest BCUT2D eigenvalue weighted by Gasteiger charge is -2.11. The van der Waals surface area contributed by atoms with Gasteiger partial charge in [-0.3, -0.25) is 9.36 Å². The fraction of sp³-hybridized carbons (Fsp3) is 0.538. The molecule has 3 nitrogen and oxygen atoms in total. The molecule has 0 spiro atoms. The first-order valence-corrected chi connectivity index (χ1v) is 7.93. The first-order chi connectivity index (χ1) is 9.87. The minimum Gasteiger partial charge on any atom is -0.323 e. The molecule has 3 rings (SSSR count). The third-order valence-corrected chi connectivity index (χ3v) is 5.24. The molecule has 21 heavy (non-hydrogen) atoms. The van der Waals surface area contributed by atoms with Crippen LogP contribution in [-0.2, 0) is 19.4 Å². The summed E-state index contributed by atoms with van der Waals surface area (Å²) in [5.41, 5.74) is 0.607. The monoisotopic (exact) mass is 334 g/mol. The Labute approximate surface area is 127 Å². The summed E-state index contributed by atoms with van der Waals surface area (Å²) in [5, 5.41) is 0.533. The number of nitrogens with zero attached hydrogens (tertiary/aromatic N) is 1. The number of H-pyrrole nitrogens is 1. The number of thiophene rings is 1. The van der Waals surface area contributed by atoms with Crippen molar-refractivity contribution in [2.75, 3.05) is 0 Å². The van der Waals surface area contributed by atoms with Crippen LogP contribution in [0.15, 0.2) is 4.79 Å². The van der Waals surface area contributed by atoms with Gasteiger partial charge in [0.25, 0.3) is 5.56 Å². The summed E-state index contributed by atoms with van der Waals surface area (Å²) >= 11 is 6.55. The zero-order valence-corrected chi connectivity index (χ0v) is 12.7. The second-order valence-electron chi connectivity index (χ2n) is 5.17. The minimum absolute atomic E-state index is 0.0651. The van der Waals surface area contributed by atoms with Crippen molar-refractivity contribution in [1.82, 2.24) is 9.55 Å².